The first-order valence-electron chi connectivity index (χ1n) is 15.9. The summed E-state index contributed by atoms with van der Waals surface area (Å²) in [6.07, 6.45) is 3.95. The molecule has 226 valence electrons. The van der Waals surface area contributed by atoms with E-state index in [0.717, 1.165) is 16.9 Å². The Balaban J connectivity index is 0.000000163. The van der Waals surface area contributed by atoms with Gasteiger partial charge in [-0.05, 0) is 67.1 Å². The van der Waals surface area contributed by atoms with Crippen LogP contribution >= 0.6 is 0 Å². The van der Waals surface area contributed by atoms with Gasteiger partial charge in [0.1, 0.15) is 5.75 Å². The van der Waals surface area contributed by atoms with Crippen molar-refractivity contribution in [2.45, 2.75) is 33.3 Å². The lowest BCUT2D eigenvalue weighted by molar-refractivity contribution is 0.157. The summed E-state index contributed by atoms with van der Waals surface area (Å²) in [5.74, 6) is 0.945. The van der Waals surface area contributed by atoms with Crippen LogP contribution in [-0.4, -0.2) is 0 Å². The molecule has 8 rings (SSSR count). The van der Waals surface area contributed by atoms with E-state index in [2.05, 4.69) is 160 Å². The number of allylic oxidation sites excluding steroid dienone is 3. The van der Waals surface area contributed by atoms with Gasteiger partial charge in [-0.2, -0.15) is 0 Å². The van der Waals surface area contributed by atoms with Crippen molar-refractivity contribution >= 4 is 0 Å². The van der Waals surface area contributed by atoms with Gasteiger partial charge < -0.3 is 4.74 Å². The third-order valence-corrected chi connectivity index (χ3v) is 8.58. The number of aryl methyl sites for hydroxylation is 2. The summed E-state index contributed by atoms with van der Waals surface area (Å²) in [7, 11) is 0. The van der Waals surface area contributed by atoms with Crippen molar-refractivity contribution in [3.05, 3.63) is 198 Å². The van der Waals surface area contributed by atoms with Crippen LogP contribution in [0.4, 0.5) is 0 Å². The molecule has 0 fully saturated rings. The Labute approximate surface area is 274 Å². The third kappa shape index (κ3) is 5.73. The first kappa shape index (κ1) is 30.6. The maximum atomic E-state index is 6.91. The number of ether oxygens (including phenoxy) is 1. The number of benzene rings is 6. The number of hydrogen-bond donors (Lipinski definition) is 0. The van der Waals surface area contributed by atoms with Gasteiger partial charge in [0.05, 0.1) is 0 Å². The molecule has 0 bridgehead atoms. The van der Waals surface area contributed by atoms with Crippen molar-refractivity contribution in [2.75, 3.05) is 0 Å². The average molecular weight is 597 g/mol. The van der Waals surface area contributed by atoms with Crippen molar-refractivity contribution in [3.63, 3.8) is 0 Å². The molecule has 1 unspecified atom stereocenters. The molecule has 0 aromatic heterocycles. The lowest BCUT2D eigenvalue weighted by atomic mass is 9.78. The van der Waals surface area contributed by atoms with Crippen LogP contribution in [0.1, 0.15) is 41.7 Å². The Morgan fingerprint density at radius 1 is 0.565 bits per heavy atom. The van der Waals surface area contributed by atoms with E-state index in [9.17, 15) is 0 Å². The highest BCUT2D eigenvalue weighted by molar-refractivity contribution is 5.89. The molecule has 1 heteroatoms. The van der Waals surface area contributed by atoms with E-state index in [1.165, 1.54) is 55.6 Å². The predicted octanol–water partition coefficient (Wildman–Crippen LogP) is 12.1. The summed E-state index contributed by atoms with van der Waals surface area (Å²) in [5.41, 5.74) is 14.4. The molecule has 6 aromatic rings. The zero-order valence-corrected chi connectivity index (χ0v) is 27.1. The Morgan fingerprint density at radius 2 is 1.11 bits per heavy atom. The second-order valence-corrected chi connectivity index (χ2v) is 11.9. The van der Waals surface area contributed by atoms with Gasteiger partial charge in [-0.3, -0.25) is 0 Å². The van der Waals surface area contributed by atoms with Crippen molar-refractivity contribution in [3.8, 4) is 39.1 Å². The summed E-state index contributed by atoms with van der Waals surface area (Å²) < 4.78 is 6.91. The Morgan fingerprint density at radius 3 is 1.76 bits per heavy atom. The Hall–Kier alpha value is -5.40. The van der Waals surface area contributed by atoms with Crippen molar-refractivity contribution in [2.24, 2.45) is 0 Å². The van der Waals surface area contributed by atoms with Gasteiger partial charge in [-0.25, -0.2) is 0 Å². The smallest absolute Gasteiger partial charge is 0.186 e. The maximum absolute atomic E-state index is 6.91. The van der Waals surface area contributed by atoms with Crippen LogP contribution in [0.2, 0.25) is 0 Å². The molecule has 1 heterocycles. The Bertz CT molecular complexity index is 2010. The van der Waals surface area contributed by atoms with Crippen LogP contribution in [0.15, 0.2) is 170 Å². The van der Waals surface area contributed by atoms with Crippen molar-refractivity contribution in [1.29, 1.82) is 0 Å². The average Bonchev–Trinajstić information content (AvgIpc) is 3.37. The summed E-state index contributed by atoms with van der Waals surface area (Å²) in [4.78, 5) is 0. The van der Waals surface area contributed by atoms with Gasteiger partial charge in [0.2, 0.25) is 0 Å². The lowest BCUT2D eigenvalue weighted by Gasteiger charge is -2.39. The fraction of sp³-hybridized carbons (Fsp3) is 0.111. The SMILES string of the molecule is C=C(C)/C=C\C.Cc1ccc(-c2ccccc2)cc1.Cc1cccc2c1-c1ccccc1C21Oc2ccccc2-c2ccccc21. The van der Waals surface area contributed by atoms with Crippen LogP contribution in [0.25, 0.3) is 33.4 Å². The van der Waals surface area contributed by atoms with Crippen LogP contribution in [0, 0.1) is 13.8 Å². The summed E-state index contributed by atoms with van der Waals surface area (Å²) in [6, 6.07) is 51.3. The van der Waals surface area contributed by atoms with E-state index in [1.54, 1.807) is 0 Å². The van der Waals surface area contributed by atoms with Crippen LogP contribution in [0.5, 0.6) is 5.75 Å². The largest absolute Gasteiger partial charge is 0.472 e. The maximum Gasteiger partial charge on any atom is 0.186 e. The van der Waals surface area contributed by atoms with Crippen molar-refractivity contribution < 1.29 is 4.74 Å². The first-order valence-corrected chi connectivity index (χ1v) is 15.9. The van der Waals surface area contributed by atoms with Gasteiger partial charge in [-0.15, -0.1) is 0 Å². The normalized spacial score (nSPS) is 14.8. The van der Waals surface area contributed by atoms with E-state index < -0.39 is 5.60 Å². The monoisotopic (exact) mass is 596 g/mol. The third-order valence-electron chi connectivity index (χ3n) is 8.58. The van der Waals surface area contributed by atoms with E-state index in [-0.39, 0.29) is 0 Å². The molecule has 1 nitrogen and oxygen atoms in total. The van der Waals surface area contributed by atoms with E-state index in [4.69, 9.17) is 4.74 Å². The van der Waals surface area contributed by atoms with Gasteiger partial charge in [0.25, 0.3) is 0 Å². The van der Waals surface area contributed by atoms with Gasteiger partial charge in [-0.1, -0.05) is 169 Å². The van der Waals surface area contributed by atoms with Gasteiger partial charge >= 0.3 is 0 Å². The number of para-hydroxylation sites is 1. The van der Waals surface area contributed by atoms with E-state index in [1.807, 2.05) is 32.1 Å². The van der Waals surface area contributed by atoms with Crippen LogP contribution < -0.4 is 4.74 Å². The molecule has 1 aliphatic carbocycles. The fourth-order valence-corrected chi connectivity index (χ4v) is 6.56. The second-order valence-electron chi connectivity index (χ2n) is 11.9. The zero-order chi connectivity index (χ0) is 32.1. The quantitative estimate of drug-likeness (QED) is 0.181. The molecule has 46 heavy (non-hydrogen) atoms. The molecule has 2 aliphatic rings. The Kier molecular flexibility index (Phi) is 8.85. The molecule has 1 aliphatic heterocycles. The molecule has 0 radical (unpaired) electrons. The van der Waals surface area contributed by atoms with Crippen molar-refractivity contribution in [1.82, 2.24) is 0 Å². The molecular formula is C45H40O. The highest BCUT2D eigenvalue weighted by Crippen LogP contribution is 2.58. The second kappa shape index (κ2) is 13.3. The number of rotatable bonds is 2. The molecular weight excluding hydrogens is 556 g/mol. The van der Waals surface area contributed by atoms with E-state index >= 15 is 0 Å². The van der Waals surface area contributed by atoms with Gasteiger partial charge in [0, 0.05) is 22.3 Å². The minimum absolute atomic E-state index is 0.594. The summed E-state index contributed by atoms with van der Waals surface area (Å²) in [6.45, 7) is 11.9. The zero-order valence-electron chi connectivity index (χ0n) is 27.1. The van der Waals surface area contributed by atoms with Gasteiger partial charge in [0.15, 0.2) is 5.60 Å². The van der Waals surface area contributed by atoms with Crippen LogP contribution in [-0.2, 0) is 5.60 Å². The molecule has 0 N–H and O–H groups in total. The molecule has 0 amide bonds. The highest BCUT2D eigenvalue weighted by Gasteiger charge is 2.50. The molecule has 6 aromatic carbocycles. The summed E-state index contributed by atoms with van der Waals surface area (Å²) in [5, 5.41) is 0. The highest BCUT2D eigenvalue weighted by atomic mass is 16.5. The summed E-state index contributed by atoms with van der Waals surface area (Å²) >= 11 is 0. The first-order chi connectivity index (χ1) is 22.4. The molecule has 0 saturated heterocycles. The number of fused-ring (bicyclic) bond motifs is 9. The minimum atomic E-state index is -0.594. The number of hydrogen-bond acceptors (Lipinski definition) is 1. The van der Waals surface area contributed by atoms with E-state index in [0.29, 0.717) is 0 Å². The molecule has 1 spiro atoms. The van der Waals surface area contributed by atoms with Crippen LogP contribution in [0.3, 0.4) is 0 Å². The fourth-order valence-electron chi connectivity index (χ4n) is 6.56. The predicted molar refractivity (Wildman–Crippen MR) is 195 cm³/mol. The minimum Gasteiger partial charge on any atom is -0.472 e. The molecule has 0 saturated carbocycles. The lowest BCUT2D eigenvalue weighted by Crippen LogP contribution is -2.36. The standard InChI is InChI=1S/C26H18O.C13H12.C6H10/c1-17-9-8-15-23-25(17)20-12-3-6-14-22(20)26(23)21-13-5-2-10-18(21)19-11-4-7-16-24(19)27-26;1-11-7-9-13(10-8-11)12-5-3-2-4-6-12;1-4-5-6(2)3/h2-16H,1H3;2-10H,1H3;4-5H,2H2,1,3H3/b;;5-4-. The topological polar surface area (TPSA) is 9.23 Å². The molecule has 1 atom stereocenters.